The number of benzene rings is 4. The van der Waals surface area contributed by atoms with E-state index < -0.39 is 33.5 Å². The first kappa shape index (κ1) is 19.7. The van der Waals surface area contributed by atoms with Gasteiger partial charge < -0.3 is 10.4 Å². The van der Waals surface area contributed by atoms with Crippen LogP contribution in [-0.4, -0.2) is 20.0 Å². The van der Waals surface area contributed by atoms with Crippen LogP contribution in [0.4, 0.5) is 17.2 Å². The molecule has 1 atom stereocenters. The van der Waals surface area contributed by atoms with Crippen molar-refractivity contribution in [3.63, 3.8) is 0 Å². The highest BCUT2D eigenvalue weighted by atomic mass is 16.6. The number of hydrogen-bond acceptors (Lipinski definition) is 6. The lowest BCUT2D eigenvalue weighted by molar-refractivity contribution is -0.385. The molecule has 34 heavy (non-hydrogen) atoms. The summed E-state index contributed by atoms with van der Waals surface area (Å²) >= 11 is 0. The largest absolute Gasteiger partial charge is 0.502 e. The molecule has 0 spiro atoms. The number of nitro groups is 1. The summed E-state index contributed by atoms with van der Waals surface area (Å²) in [6, 6.07) is 19.8. The van der Waals surface area contributed by atoms with Gasteiger partial charge in [0.1, 0.15) is 5.82 Å². The molecule has 0 amide bonds. The highest BCUT2D eigenvalue weighted by molar-refractivity contribution is 6.03. The fraction of sp³-hybridized carbons (Fsp3) is 0.0400. The summed E-state index contributed by atoms with van der Waals surface area (Å²) in [4.78, 5) is 40.8. The maximum atomic E-state index is 13.0. The Morgan fingerprint density at radius 3 is 2.38 bits per heavy atom. The Morgan fingerprint density at radius 2 is 1.62 bits per heavy atom. The third-order valence-corrected chi connectivity index (χ3v) is 6.27. The number of fused-ring (bicyclic) bond motifs is 5. The fourth-order valence-electron chi connectivity index (χ4n) is 4.81. The Hall–Kier alpha value is -4.92. The van der Waals surface area contributed by atoms with E-state index in [-0.39, 0.29) is 11.4 Å². The van der Waals surface area contributed by atoms with E-state index in [1.807, 2.05) is 48.5 Å². The highest BCUT2D eigenvalue weighted by Gasteiger charge is 2.33. The molecule has 1 aromatic heterocycles. The van der Waals surface area contributed by atoms with Gasteiger partial charge in [0.25, 0.3) is 5.56 Å². The van der Waals surface area contributed by atoms with Gasteiger partial charge in [-0.15, -0.1) is 0 Å². The van der Waals surface area contributed by atoms with Crippen molar-refractivity contribution < 1.29 is 10.0 Å². The number of phenolic OH excluding ortho intramolecular Hbond substituents is 1. The quantitative estimate of drug-likeness (QED) is 0.176. The van der Waals surface area contributed by atoms with Crippen molar-refractivity contribution in [2.24, 2.45) is 0 Å². The second kappa shape index (κ2) is 7.04. The van der Waals surface area contributed by atoms with E-state index in [2.05, 4.69) is 15.3 Å². The molecular formula is C25H16N4O5. The number of aromatic amines is 2. The Labute approximate surface area is 190 Å². The number of hydrogen-bond donors (Lipinski definition) is 4. The lowest BCUT2D eigenvalue weighted by atomic mass is 9.79. The minimum atomic E-state index is -0.740. The third kappa shape index (κ3) is 2.87. The van der Waals surface area contributed by atoms with Crippen LogP contribution in [0, 0.1) is 10.1 Å². The van der Waals surface area contributed by atoms with E-state index in [4.69, 9.17) is 0 Å². The van der Waals surface area contributed by atoms with Crippen LogP contribution in [0.25, 0.3) is 21.5 Å². The first-order valence-electron chi connectivity index (χ1n) is 10.5. The Kier molecular flexibility index (Phi) is 4.09. The molecule has 9 heteroatoms. The highest BCUT2D eigenvalue weighted by Crippen LogP contribution is 2.47. The number of nitrogens with zero attached hydrogens (tertiary/aromatic N) is 1. The van der Waals surface area contributed by atoms with Crippen LogP contribution < -0.4 is 16.6 Å². The number of nitrogens with one attached hydrogen (secondary N) is 3. The van der Waals surface area contributed by atoms with Crippen molar-refractivity contribution in [3.8, 4) is 5.75 Å². The van der Waals surface area contributed by atoms with Crippen molar-refractivity contribution in [3.05, 3.63) is 114 Å². The molecule has 9 nitrogen and oxygen atoms in total. The van der Waals surface area contributed by atoms with Crippen LogP contribution in [-0.2, 0) is 0 Å². The van der Waals surface area contributed by atoms with Gasteiger partial charge >= 0.3 is 11.4 Å². The van der Waals surface area contributed by atoms with Gasteiger partial charge in [0.05, 0.1) is 10.5 Å². The lowest BCUT2D eigenvalue weighted by Crippen LogP contribution is -2.32. The summed E-state index contributed by atoms with van der Waals surface area (Å²) in [5.41, 5.74) is 0.341. The van der Waals surface area contributed by atoms with Crippen LogP contribution in [0.15, 0.2) is 76.3 Å². The number of H-pyrrole nitrogens is 2. The van der Waals surface area contributed by atoms with Crippen molar-refractivity contribution >= 4 is 38.7 Å². The molecule has 0 radical (unpaired) electrons. The number of aromatic nitrogens is 2. The number of rotatable bonds is 2. The predicted molar refractivity (Wildman–Crippen MR) is 128 cm³/mol. The predicted octanol–water partition coefficient (Wildman–Crippen LogP) is 4.22. The molecule has 5 aromatic rings. The van der Waals surface area contributed by atoms with E-state index >= 15 is 0 Å². The van der Waals surface area contributed by atoms with E-state index in [9.17, 15) is 24.8 Å². The smallest absolute Gasteiger partial charge is 0.327 e. The van der Waals surface area contributed by atoms with Gasteiger partial charge in [0, 0.05) is 17.7 Å². The number of nitro benzene ring substituents is 1. The average Bonchev–Trinajstić information content (AvgIpc) is 2.81. The Morgan fingerprint density at radius 1 is 0.853 bits per heavy atom. The molecule has 0 saturated heterocycles. The summed E-state index contributed by atoms with van der Waals surface area (Å²) in [5.74, 6) is -0.986. The van der Waals surface area contributed by atoms with Gasteiger partial charge in [-0.2, -0.15) is 0 Å². The summed E-state index contributed by atoms with van der Waals surface area (Å²) in [6.07, 6.45) is 0. The van der Waals surface area contributed by atoms with E-state index in [0.717, 1.165) is 27.1 Å². The first-order chi connectivity index (χ1) is 16.4. The second-order valence-electron chi connectivity index (χ2n) is 8.21. The maximum Gasteiger partial charge on any atom is 0.327 e. The van der Waals surface area contributed by atoms with E-state index in [1.54, 1.807) is 6.07 Å². The molecule has 0 aliphatic carbocycles. The summed E-state index contributed by atoms with van der Waals surface area (Å²) in [5, 5.41) is 28.5. The zero-order valence-corrected chi connectivity index (χ0v) is 17.5. The molecular weight excluding hydrogens is 436 g/mol. The molecule has 0 fully saturated rings. The maximum absolute atomic E-state index is 13.0. The number of phenols is 1. The van der Waals surface area contributed by atoms with Gasteiger partial charge in [0.2, 0.25) is 0 Å². The topological polar surface area (TPSA) is 141 Å². The Balaban J connectivity index is 1.74. The summed E-state index contributed by atoms with van der Waals surface area (Å²) in [7, 11) is 0. The van der Waals surface area contributed by atoms with Gasteiger partial charge in [-0.1, -0.05) is 36.4 Å². The molecule has 4 N–H and O–H groups in total. The third-order valence-electron chi connectivity index (χ3n) is 6.27. The molecule has 2 heterocycles. The van der Waals surface area contributed by atoms with Gasteiger partial charge in [-0.05, 0) is 56.9 Å². The van der Waals surface area contributed by atoms with E-state index in [1.165, 1.54) is 12.1 Å². The number of anilines is 2. The van der Waals surface area contributed by atoms with Crippen LogP contribution in [0.1, 0.15) is 22.6 Å². The molecule has 1 unspecified atom stereocenters. The molecule has 6 rings (SSSR count). The molecule has 0 saturated carbocycles. The molecule has 166 valence electrons. The fourth-order valence-corrected chi connectivity index (χ4v) is 4.81. The monoisotopic (exact) mass is 452 g/mol. The van der Waals surface area contributed by atoms with Crippen LogP contribution in [0.5, 0.6) is 5.75 Å². The second-order valence-corrected chi connectivity index (χ2v) is 8.21. The van der Waals surface area contributed by atoms with Gasteiger partial charge in [-0.25, -0.2) is 4.79 Å². The zero-order chi connectivity index (χ0) is 23.6. The normalized spacial score (nSPS) is 14.4. The van der Waals surface area contributed by atoms with Gasteiger partial charge in [0.15, 0.2) is 5.75 Å². The average molecular weight is 452 g/mol. The molecule has 1 aliphatic rings. The Bertz CT molecular complexity index is 1790. The van der Waals surface area contributed by atoms with Crippen molar-refractivity contribution in [2.45, 2.75) is 5.92 Å². The minimum Gasteiger partial charge on any atom is -0.502 e. The summed E-state index contributed by atoms with van der Waals surface area (Å²) < 4.78 is 0. The van der Waals surface area contributed by atoms with Crippen molar-refractivity contribution in [1.82, 2.24) is 9.97 Å². The SMILES string of the molecule is O=c1[nH]c2c(c(=O)[nH]1)C(c1ccc(O)c([N+](=O)[O-])c1)c1c(ccc3cc4ccccc4cc13)N2. The molecule has 0 bridgehead atoms. The van der Waals surface area contributed by atoms with Crippen molar-refractivity contribution in [2.75, 3.05) is 5.32 Å². The van der Waals surface area contributed by atoms with Crippen LogP contribution >= 0.6 is 0 Å². The minimum absolute atomic E-state index is 0.224. The van der Waals surface area contributed by atoms with Crippen molar-refractivity contribution in [1.29, 1.82) is 0 Å². The zero-order valence-electron chi connectivity index (χ0n) is 17.5. The molecule has 1 aliphatic heterocycles. The first-order valence-corrected chi connectivity index (χ1v) is 10.5. The number of aromatic hydroxyl groups is 1. The summed E-state index contributed by atoms with van der Waals surface area (Å²) in [6.45, 7) is 0. The lowest BCUT2D eigenvalue weighted by Gasteiger charge is -2.29. The standard InChI is InChI=1S/C25H16N4O5/c30-19-8-6-15(11-18(19)29(33)34)20-21-16-10-13-4-2-1-3-12(13)9-14(16)5-7-17(21)26-23-22(20)24(31)28-25(32)27-23/h1-11,20,30H,(H3,26,27,28,31,32). The van der Waals surface area contributed by atoms with E-state index in [0.29, 0.717) is 11.3 Å². The van der Waals surface area contributed by atoms with Crippen LogP contribution in [0.2, 0.25) is 0 Å². The van der Waals surface area contributed by atoms with Crippen LogP contribution in [0.3, 0.4) is 0 Å². The van der Waals surface area contributed by atoms with Gasteiger partial charge in [-0.3, -0.25) is 24.9 Å². The molecule has 4 aromatic carbocycles.